The van der Waals surface area contributed by atoms with E-state index in [2.05, 4.69) is 26.6 Å². The zero-order valence-corrected chi connectivity index (χ0v) is 15.1. The van der Waals surface area contributed by atoms with Gasteiger partial charge in [-0.05, 0) is 49.2 Å². The molecule has 2 atom stereocenters. The second-order valence-corrected chi connectivity index (χ2v) is 7.75. The maximum absolute atomic E-state index is 12.9. The van der Waals surface area contributed by atoms with Gasteiger partial charge in [0.05, 0.1) is 5.92 Å². The first-order chi connectivity index (χ1) is 10.8. The van der Waals surface area contributed by atoms with Crippen LogP contribution in [0.4, 0.5) is 0 Å². The largest absolute Gasteiger partial charge is 0.340 e. The molecule has 1 aromatic heterocycles. The van der Waals surface area contributed by atoms with Crippen LogP contribution in [-0.2, 0) is 11.2 Å². The molecule has 0 radical (unpaired) electrons. The highest BCUT2D eigenvalue weighted by molar-refractivity contribution is 7.10. The van der Waals surface area contributed by atoms with Crippen molar-refractivity contribution >= 4 is 29.7 Å². The van der Waals surface area contributed by atoms with Crippen LogP contribution in [0.5, 0.6) is 0 Å². The van der Waals surface area contributed by atoms with E-state index in [1.54, 1.807) is 0 Å². The van der Waals surface area contributed by atoms with Crippen molar-refractivity contribution in [3.05, 3.63) is 21.9 Å². The molecule has 4 nitrogen and oxygen atoms in total. The average molecular weight is 356 g/mol. The molecule has 2 unspecified atom stereocenters. The Morgan fingerprint density at radius 3 is 2.78 bits per heavy atom. The quantitative estimate of drug-likeness (QED) is 0.882. The van der Waals surface area contributed by atoms with Crippen molar-refractivity contribution in [2.24, 2.45) is 0 Å². The average Bonchev–Trinajstić information content (AvgIpc) is 3.25. The van der Waals surface area contributed by atoms with Gasteiger partial charge in [0.25, 0.3) is 0 Å². The number of aryl methyl sites for hydroxylation is 1. The molecule has 1 N–H and O–H groups in total. The molecule has 0 saturated carbocycles. The molecule has 3 aliphatic rings. The summed E-state index contributed by atoms with van der Waals surface area (Å²) in [5.41, 5.74) is 1.32. The van der Waals surface area contributed by atoms with E-state index in [4.69, 9.17) is 0 Å². The van der Waals surface area contributed by atoms with Crippen LogP contribution in [0, 0.1) is 0 Å². The summed E-state index contributed by atoms with van der Waals surface area (Å²) in [7, 11) is 0. The Hall–Kier alpha value is -0.620. The Kier molecular flexibility index (Phi) is 5.62. The predicted molar refractivity (Wildman–Crippen MR) is 96.7 cm³/mol. The topological polar surface area (TPSA) is 35.6 Å². The Morgan fingerprint density at radius 1 is 1.22 bits per heavy atom. The van der Waals surface area contributed by atoms with Gasteiger partial charge in [0, 0.05) is 43.6 Å². The molecule has 0 spiro atoms. The van der Waals surface area contributed by atoms with Crippen molar-refractivity contribution in [3.63, 3.8) is 0 Å². The lowest BCUT2D eigenvalue weighted by Crippen LogP contribution is -2.53. The van der Waals surface area contributed by atoms with E-state index in [0.29, 0.717) is 11.9 Å². The van der Waals surface area contributed by atoms with Gasteiger partial charge in [-0.3, -0.25) is 9.69 Å². The summed E-state index contributed by atoms with van der Waals surface area (Å²) in [5, 5.41) is 5.60. The van der Waals surface area contributed by atoms with Gasteiger partial charge in [-0.2, -0.15) is 0 Å². The smallest absolute Gasteiger partial charge is 0.230 e. The lowest BCUT2D eigenvalue weighted by molar-refractivity contribution is -0.135. The first kappa shape index (κ1) is 17.2. The minimum atomic E-state index is 0. The normalized spacial score (nSPS) is 28.3. The minimum Gasteiger partial charge on any atom is -0.340 e. The third-order valence-electron chi connectivity index (χ3n) is 5.53. The Balaban J connectivity index is 0.00000156. The minimum absolute atomic E-state index is 0. The number of hydrogen-bond donors (Lipinski definition) is 1. The maximum Gasteiger partial charge on any atom is 0.230 e. The molecule has 2 fully saturated rings. The van der Waals surface area contributed by atoms with Crippen molar-refractivity contribution in [3.8, 4) is 0 Å². The zero-order valence-electron chi connectivity index (χ0n) is 13.5. The summed E-state index contributed by atoms with van der Waals surface area (Å²) in [6.45, 7) is 6.17. The van der Waals surface area contributed by atoms with E-state index in [-0.39, 0.29) is 18.3 Å². The van der Waals surface area contributed by atoms with Crippen LogP contribution in [0.3, 0.4) is 0 Å². The van der Waals surface area contributed by atoms with Crippen molar-refractivity contribution in [1.29, 1.82) is 0 Å². The first-order valence-electron chi connectivity index (χ1n) is 8.63. The maximum atomic E-state index is 12.9. The summed E-state index contributed by atoms with van der Waals surface area (Å²) < 4.78 is 0. The van der Waals surface area contributed by atoms with E-state index >= 15 is 0 Å². The van der Waals surface area contributed by atoms with Crippen molar-refractivity contribution in [2.75, 3.05) is 39.3 Å². The van der Waals surface area contributed by atoms with Crippen molar-refractivity contribution in [1.82, 2.24) is 15.1 Å². The summed E-state index contributed by atoms with van der Waals surface area (Å²) in [4.78, 5) is 19.1. The highest BCUT2D eigenvalue weighted by Crippen LogP contribution is 2.36. The molecular weight excluding hydrogens is 330 g/mol. The third-order valence-corrected chi connectivity index (χ3v) is 6.52. The number of nitrogens with zero attached hydrogens (tertiary/aromatic N) is 2. The summed E-state index contributed by atoms with van der Waals surface area (Å²) in [6, 6.07) is 2.87. The van der Waals surface area contributed by atoms with E-state index < -0.39 is 0 Å². The molecule has 2 aliphatic heterocycles. The molecule has 23 heavy (non-hydrogen) atoms. The number of piperazine rings is 1. The first-order valence-corrected chi connectivity index (χ1v) is 9.51. The highest BCUT2D eigenvalue weighted by Gasteiger charge is 2.33. The molecule has 3 heterocycles. The summed E-state index contributed by atoms with van der Waals surface area (Å²) in [5.74, 6) is 0.512. The molecule has 0 bridgehead atoms. The van der Waals surface area contributed by atoms with Crippen LogP contribution in [0.2, 0.25) is 0 Å². The predicted octanol–water partition coefficient (Wildman–Crippen LogP) is 2.10. The monoisotopic (exact) mass is 355 g/mol. The second kappa shape index (κ2) is 7.51. The second-order valence-electron chi connectivity index (χ2n) is 6.75. The Morgan fingerprint density at radius 2 is 2.04 bits per heavy atom. The molecule has 6 heteroatoms. The van der Waals surface area contributed by atoms with E-state index in [9.17, 15) is 4.79 Å². The zero-order chi connectivity index (χ0) is 14.9. The lowest BCUT2D eigenvalue weighted by Gasteiger charge is -2.39. The standard InChI is InChI=1S/C17H25N3OS.ClH/c21-17(15-2-1-3-16-14(15)5-11-22-16)20-9-7-19(8-10-20)13-4-6-18-12-13;/h5,11,13,15,18H,1-4,6-10,12H2;1H. The van der Waals surface area contributed by atoms with Crippen LogP contribution in [0.1, 0.15) is 35.6 Å². The van der Waals surface area contributed by atoms with Gasteiger partial charge in [0.1, 0.15) is 0 Å². The van der Waals surface area contributed by atoms with E-state index in [1.807, 2.05) is 11.3 Å². The number of halogens is 1. The molecule has 4 rings (SSSR count). The number of fused-ring (bicyclic) bond motifs is 1. The number of carbonyl (C=O) groups excluding carboxylic acids is 1. The van der Waals surface area contributed by atoms with Crippen LogP contribution in [0.15, 0.2) is 11.4 Å². The van der Waals surface area contributed by atoms with Crippen LogP contribution >= 0.6 is 23.7 Å². The van der Waals surface area contributed by atoms with Gasteiger partial charge in [0.15, 0.2) is 0 Å². The number of nitrogens with one attached hydrogen (secondary N) is 1. The van der Waals surface area contributed by atoms with Crippen molar-refractivity contribution in [2.45, 2.75) is 37.6 Å². The van der Waals surface area contributed by atoms with E-state index in [1.165, 1.54) is 23.3 Å². The fourth-order valence-corrected chi connectivity index (χ4v) is 5.21. The summed E-state index contributed by atoms with van der Waals surface area (Å²) in [6.07, 6.45) is 4.63. The van der Waals surface area contributed by atoms with Gasteiger partial charge < -0.3 is 10.2 Å². The Labute approximate surface area is 148 Å². The molecule has 1 amide bonds. The van der Waals surface area contributed by atoms with Gasteiger partial charge in [-0.25, -0.2) is 0 Å². The fourth-order valence-electron chi connectivity index (χ4n) is 4.22. The molecule has 1 aliphatic carbocycles. The van der Waals surface area contributed by atoms with Crippen LogP contribution in [-0.4, -0.2) is 61.0 Å². The number of thiophene rings is 1. The number of amides is 1. The van der Waals surface area contributed by atoms with Crippen LogP contribution < -0.4 is 5.32 Å². The highest BCUT2D eigenvalue weighted by atomic mass is 35.5. The number of carbonyl (C=O) groups is 1. The molecule has 128 valence electrons. The van der Waals surface area contributed by atoms with Crippen LogP contribution in [0.25, 0.3) is 0 Å². The van der Waals surface area contributed by atoms with E-state index in [0.717, 1.165) is 52.1 Å². The SMILES string of the molecule is Cl.O=C(C1CCCc2sccc21)N1CCN(C2CCNC2)CC1. The van der Waals surface area contributed by atoms with Gasteiger partial charge >= 0.3 is 0 Å². The van der Waals surface area contributed by atoms with Gasteiger partial charge in [-0.15, -0.1) is 23.7 Å². The molecular formula is C17H26ClN3OS. The molecule has 2 saturated heterocycles. The number of rotatable bonds is 2. The fraction of sp³-hybridized carbons (Fsp3) is 0.706. The molecule has 1 aromatic rings. The van der Waals surface area contributed by atoms with Crippen molar-refractivity contribution < 1.29 is 4.79 Å². The van der Waals surface area contributed by atoms with Gasteiger partial charge in [-0.1, -0.05) is 0 Å². The summed E-state index contributed by atoms with van der Waals surface area (Å²) >= 11 is 1.82. The lowest BCUT2D eigenvalue weighted by atomic mass is 9.86. The van der Waals surface area contributed by atoms with Gasteiger partial charge in [0.2, 0.25) is 5.91 Å². The number of hydrogen-bond acceptors (Lipinski definition) is 4. The molecule has 0 aromatic carbocycles. The third kappa shape index (κ3) is 3.43. The Bertz CT molecular complexity index is 536.